The van der Waals surface area contributed by atoms with Crippen molar-refractivity contribution in [3.05, 3.63) is 29.8 Å². The zero-order valence-corrected chi connectivity index (χ0v) is 11.1. The number of hydrogen-bond acceptors (Lipinski definition) is 3. The zero-order chi connectivity index (χ0) is 14.5. The van der Waals surface area contributed by atoms with Gasteiger partial charge in [0.2, 0.25) is 5.91 Å². The first-order valence-corrected chi connectivity index (χ1v) is 6.53. The number of amides is 1. The minimum Gasteiger partial charge on any atom is -0.368 e. The first-order valence-electron chi connectivity index (χ1n) is 5.72. The molecule has 0 saturated heterocycles. The molecule has 7 heteroatoms. The van der Waals surface area contributed by atoms with E-state index in [4.69, 9.17) is 5.73 Å². The third kappa shape index (κ3) is 5.52. The minimum atomic E-state index is -4.31. The Morgan fingerprint density at radius 3 is 2.37 bits per heavy atom. The van der Waals surface area contributed by atoms with Crippen LogP contribution in [-0.2, 0) is 4.79 Å². The zero-order valence-electron chi connectivity index (χ0n) is 10.3. The second-order valence-electron chi connectivity index (χ2n) is 3.91. The fourth-order valence-electron chi connectivity index (χ4n) is 1.53. The van der Waals surface area contributed by atoms with Crippen LogP contribution in [0.25, 0.3) is 0 Å². The molecule has 0 aliphatic heterocycles. The Balaban J connectivity index is 2.80. The van der Waals surface area contributed by atoms with Crippen molar-refractivity contribution in [3.63, 3.8) is 0 Å². The molecule has 1 unspecified atom stereocenters. The van der Waals surface area contributed by atoms with Crippen molar-refractivity contribution >= 4 is 17.7 Å². The monoisotopic (exact) mass is 292 g/mol. The second-order valence-corrected chi connectivity index (χ2v) is 5.04. The van der Waals surface area contributed by atoms with E-state index in [0.29, 0.717) is 12.1 Å². The quantitative estimate of drug-likeness (QED) is 0.793. The number of carbonyl (C=O) groups excluding carboxylic acids is 1. The fourth-order valence-corrected chi connectivity index (χ4v) is 2.07. The van der Waals surface area contributed by atoms with Crippen molar-refractivity contribution in [2.75, 3.05) is 6.54 Å². The van der Waals surface area contributed by atoms with Gasteiger partial charge in [0.05, 0.1) is 0 Å². The molecule has 106 valence electrons. The fraction of sp³-hybridized carbons (Fsp3) is 0.417. The highest BCUT2D eigenvalue weighted by Crippen LogP contribution is 2.36. The summed E-state index contributed by atoms with van der Waals surface area (Å²) in [6.45, 7) is 2.54. The van der Waals surface area contributed by atoms with Crippen LogP contribution in [0, 0.1) is 0 Å². The van der Waals surface area contributed by atoms with Gasteiger partial charge in [0, 0.05) is 4.90 Å². The summed E-state index contributed by atoms with van der Waals surface area (Å²) in [5, 5.41) is 2.95. The number of primary amides is 1. The molecule has 3 N–H and O–H groups in total. The molecule has 0 spiro atoms. The number of carbonyl (C=O) groups is 1. The van der Waals surface area contributed by atoms with Crippen LogP contribution < -0.4 is 11.1 Å². The molecule has 0 fully saturated rings. The van der Waals surface area contributed by atoms with E-state index in [1.165, 1.54) is 24.3 Å². The molecule has 1 amide bonds. The molecule has 1 aromatic rings. The standard InChI is InChI=1S/C12H15F3N2OS/c1-2-7-17-10(11(16)18)8-3-5-9(6-4-8)19-12(13,14)15/h3-6,10,17H,2,7H2,1H3,(H2,16,18). The van der Waals surface area contributed by atoms with Crippen molar-refractivity contribution in [1.29, 1.82) is 0 Å². The van der Waals surface area contributed by atoms with Crippen molar-refractivity contribution in [2.45, 2.75) is 29.8 Å². The smallest absolute Gasteiger partial charge is 0.368 e. The minimum absolute atomic E-state index is 0.0787. The van der Waals surface area contributed by atoms with Gasteiger partial charge in [-0.15, -0.1) is 0 Å². The lowest BCUT2D eigenvalue weighted by molar-refractivity contribution is -0.120. The molecule has 0 saturated carbocycles. The molecule has 1 aromatic carbocycles. The normalized spacial score (nSPS) is 13.3. The topological polar surface area (TPSA) is 55.1 Å². The van der Waals surface area contributed by atoms with E-state index in [-0.39, 0.29) is 16.7 Å². The van der Waals surface area contributed by atoms with Crippen molar-refractivity contribution in [2.24, 2.45) is 5.73 Å². The average molecular weight is 292 g/mol. The Hall–Kier alpha value is -1.21. The van der Waals surface area contributed by atoms with Crippen molar-refractivity contribution < 1.29 is 18.0 Å². The summed E-state index contributed by atoms with van der Waals surface area (Å²) in [6.07, 6.45) is 0.825. The number of hydrogen-bond donors (Lipinski definition) is 2. The van der Waals surface area contributed by atoms with E-state index in [0.717, 1.165) is 6.42 Å². The van der Waals surface area contributed by atoms with E-state index in [1.54, 1.807) is 0 Å². The molecule has 0 bridgehead atoms. The van der Waals surface area contributed by atoms with Crippen LogP contribution in [0.4, 0.5) is 13.2 Å². The maximum absolute atomic E-state index is 12.2. The number of halogens is 3. The predicted octanol–water partition coefficient (Wildman–Crippen LogP) is 2.82. The summed E-state index contributed by atoms with van der Waals surface area (Å²) in [5.74, 6) is -0.551. The van der Waals surface area contributed by atoms with Crippen LogP contribution in [0.1, 0.15) is 24.9 Å². The lowest BCUT2D eigenvalue weighted by atomic mass is 10.1. The van der Waals surface area contributed by atoms with Gasteiger partial charge in [0.15, 0.2) is 0 Å². The molecule has 1 rings (SSSR count). The summed E-state index contributed by atoms with van der Waals surface area (Å²) in [4.78, 5) is 11.4. The highest BCUT2D eigenvalue weighted by Gasteiger charge is 2.29. The van der Waals surface area contributed by atoms with Crippen LogP contribution in [0.15, 0.2) is 29.2 Å². The first-order chi connectivity index (χ1) is 8.83. The number of nitrogens with two attached hydrogens (primary N) is 1. The molecule has 0 heterocycles. The number of alkyl halides is 3. The molecule has 0 aliphatic rings. The number of benzene rings is 1. The first kappa shape index (κ1) is 15.8. The average Bonchev–Trinajstić information content (AvgIpc) is 2.29. The Labute approximate surface area is 113 Å². The molecule has 0 aliphatic carbocycles. The lowest BCUT2D eigenvalue weighted by Gasteiger charge is -2.15. The molecule has 1 atom stereocenters. The van der Waals surface area contributed by atoms with Crippen LogP contribution in [-0.4, -0.2) is 18.0 Å². The summed E-state index contributed by atoms with van der Waals surface area (Å²) >= 11 is -0.189. The Bertz CT molecular complexity index is 420. The van der Waals surface area contributed by atoms with Gasteiger partial charge in [-0.05, 0) is 42.4 Å². The van der Waals surface area contributed by atoms with Gasteiger partial charge in [0.25, 0.3) is 0 Å². The molecular formula is C12H15F3N2OS. The van der Waals surface area contributed by atoms with E-state index in [2.05, 4.69) is 5.32 Å². The van der Waals surface area contributed by atoms with Gasteiger partial charge in [0.1, 0.15) is 6.04 Å². The highest BCUT2D eigenvalue weighted by molar-refractivity contribution is 8.00. The van der Waals surface area contributed by atoms with Crippen LogP contribution in [0.5, 0.6) is 0 Å². The van der Waals surface area contributed by atoms with E-state index in [1.807, 2.05) is 6.92 Å². The van der Waals surface area contributed by atoms with Gasteiger partial charge in [-0.1, -0.05) is 19.1 Å². The van der Waals surface area contributed by atoms with Gasteiger partial charge < -0.3 is 11.1 Å². The number of nitrogens with one attached hydrogen (secondary N) is 1. The molecule has 19 heavy (non-hydrogen) atoms. The van der Waals surface area contributed by atoms with Crippen LogP contribution in [0.2, 0.25) is 0 Å². The largest absolute Gasteiger partial charge is 0.446 e. The van der Waals surface area contributed by atoms with Crippen molar-refractivity contribution in [3.8, 4) is 0 Å². The van der Waals surface area contributed by atoms with Gasteiger partial charge in [-0.25, -0.2) is 0 Å². The van der Waals surface area contributed by atoms with Crippen LogP contribution in [0.3, 0.4) is 0 Å². The Morgan fingerprint density at radius 2 is 1.95 bits per heavy atom. The lowest BCUT2D eigenvalue weighted by Crippen LogP contribution is -2.34. The third-order valence-corrected chi connectivity index (χ3v) is 3.07. The second kappa shape index (κ2) is 6.81. The molecule has 3 nitrogen and oxygen atoms in total. The number of thioether (sulfide) groups is 1. The summed E-state index contributed by atoms with van der Waals surface area (Å²) in [6, 6.07) is 4.94. The summed E-state index contributed by atoms with van der Waals surface area (Å²) in [5.41, 5.74) is 1.51. The summed E-state index contributed by atoms with van der Waals surface area (Å²) < 4.78 is 36.5. The highest BCUT2D eigenvalue weighted by atomic mass is 32.2. The maximum atomic E-state index is 12.2. The van der Waals surface area contributed by atoms with Crippen LogP contribution >= 0.6 is 11.8 Å². The molecule has 0 radical (unpaired) electrons. The number of rotatable bonds is 6. The Morgan fingerprint density at radius 1 is 1.37 bits per heavy atom. The van der Waals surface area contributed by atoms with Gasteiger partial charge >= 0.3 is 5.51 Å². The SMILES string of the molecule is CCCNC(C(N)=O)c1ccc(SC(F)(F)F)cc1. The predicted molar refractivity (Wildman–Crippen MR) is 68.6 cm³/mol. The van der Waals surface area contributed by atoms with Crippen molar-refractivity contribution in [1.82, 2.24) is 5.32 Å². The molecular weight excluding hydrogens is 277 g/mol. The van der Waals surface area contributed by atoms with E-state index >= 15 is 0 Å². The van der Waals surface area contributed by atoms with Gasteiger partial charge in [-0.2, -0.15) is 13.2 Å². The van der Waals surface area contributed by atoms with E-state index in [9.17, 15) is 18.0 Å². The maximum Gasteiger partial charge on any atom is 0.446 e. The third-order valence-electron chi connectivity index (χ3n) is 2.33. The van der Waals surface area contributed by atoms with E-state index < -0.39 is 17.5 Å². The molecule has 0 aromatic heterocycles. The Kier molecular flexibility index (Phi) is 5.68. The van der Waals surface area contributed by atoms with Gasteiger partial charge in [-0.3, -0.25) is 4.79 Å². The summed E-state index contributed by atoms with van der Waals surface area (Å²) in [7, 11) is 0.